The second kappa shape index (κ2) is 2.39. The first-order valence-corrected chi connectivity index (χ1v) is 4.30. The molecule has 56 valence electrons. The monoisotopic (exact) mass is 137 g/mol. The molecule has 0 amide bonds. The van der Waals surface area contributed by atoms with Gasteiger partial charge in [0.1, 0.15) is 0 Å². The first-order valence-electron chi connectivity index (χ1n) is 4.30. The number of rotatable bonds is 0. The third kappa shape index (κ3) is 0.988. The minimum absolute atomic E-state index is 0.361. The van der Waals surface area contributed by atoms with Gasteiger partial charge >= 0.3 is 0 Å². The predicted octanol–water partition coefficient (Wildman–Crippen LogP) is 1.69. The largest absolute Gasteiger partial charge is 0.324 e. The van der Waals surface area contributed by atoms with E-state index < -0.39 is 0 Å². The molecular weight excluding hydrogens is 122 g/mol. The van der Waals surface area contributed by atoms with Gasteiger partial charge in [-0.15, -0.1) is 0 Å². The fraction of sp³-hybridized carbons (Fsp3) is 0.778. The Morgan fingerprint density at radius 2 is 2.10 bits per heavy atom. The highest BCUT2D eigenvalue weighted by Gasteiger charge is 2.28. The molecule has 0 saturated heterocycles. The third-order valence-electron chi connectivity index (χ3n) is 2.90. The van der Waals surface area contributed by atoms with Gasteiger partial charge in [0.05, 0.1) is 0 Å². The Morgan fingerprint density at radius 3 is 3.00 bits per heavy atom. The molecule has 10 heavy (non-hydrogen) atoms. The number of allylic oxidation sites excluding steroid dienone is 1. The molecule has 1 heteroatoms. The van der Waals surface area contributed by atoms with E-state index in [9.17, 15) is 0 Å². The van der Waals surface area contributed by atoms with Crippen molar-refractivity contribution in [3.05, 3.63) is 12.2 Å². The summed E-state index contributed by atoms with van der Waals surface area (Å²) in [5, 5.41) is 0. The summed E-state index contributed by atoms with van der Waals surface area (Å²) in [7, 11) is 0. The van der Waals surface area contributed by atoms with Crippen molar-refractivity contribution >= 4 is 0 Å². The van der Waals surface area contributed by atoms with Crippen LogP contribution in [0.2, 0.25) is 0 Å². The highest BCUT2D eigenvalue weighted by atomic mass is 14.6. The maximum Gasteiger partial charge on any atom is 0.0226 e. The lowest BCUT2D eigenvalue weighted by atomic mass is 9.85. The average molecular weight is 137 g/mol. The van der Waals surface area contributed by atoms with Crippen molar-refractivity contribution in [2.75, 3.05) is 0 Å². The molecule has 1 fully saturated rings. The summed E-state index contributed by atoms with van der Waals surface area (Å²) in [4.78, 5) is 0. The first kappa shape index (κ1) is 6.41. The van der Waals surface area contributed by atoms with Crippen LogP contribution < -0.4 is 5.73 Å². The fourth-order valence-corrected chi connectivity index (χ4v) is 2.33. The molecule has 1 nitrogen and oxygen atoms in total. The van der Waals surface area contributed by atoms with E-state index in [-0.39, 0.29) is 0 Å². The summed E-state index contributed by atoms with van der Waals surface area (Å²) in [5.41, 5.74) is 5.80. The van der Waals surface area contributed by atoms with Crippen molar-refractivity contribution < 1.29 is 0 Å². The van der Waals surface area contributed by atoms with E-state index in [0.717, 1.165) is 11.8 Å². The maximum absolute atomic E-state index is 5.80. The summed E-state index contributed by atoms with van der Waals surface area (Å²) in [6.07, 6.45) is 10.0. The Morgan fingerprint density at radius 1 is 1.20 bits per heavy atom. The standard InChI is InChI=1S/C9H15N/c10-9-5-4-7-2-1-3-8(7)6-9/h4-5,7-9H,1-3,6,10H2. The van der Waals surface area contributed by atoms with Crippen LogP contribution in [0, 0.1) is 11.8 Å². The third-order valence-corrected chi connectivity index (χ3v) is 2.90. The smallest absolute Gasteiger partial charge is 0.0226 e. The Labute approximate surface area is 62.3 Å². The van der Waals surface area contributed by atoms with Crippen LogP contribution in [0.15, 0.2) is 12.2 Å². The summed E-state index contributed by atoms with van der Waals surface area (Å²) in [5.74, 6) is 1.82. The lowest BCUT2D eigenvalue weighted by Crippen LogP contribution is -2.26. The summed E-state index contributed by atoms with van der Waals surface area (Å²) >= 11 is 0. The molecule has 0 radical (unpaired) electrons. The topological polar surface area (TPSA) is 26.0 Å². The molecule has 0 aliphatic heterocycles. The second-order valence-electron chi connectivity index (χ2n) is 3.64. The summed E-state index contributed by atoms with van der Waals surface area (Å²) in [6, 6.07) is 0.361. The van der Waals surface area contributed by atoms with Crippen LogP contribution in [0.3, 0.4) is 0 Å². The van der Waals surface area contributed by atoms with Crippen molar-refractivity contribution in [2.45, 2.75) is 31.7 Å². The zero-order valence-corrected chi connectivity index (χ0v) is 6.29. The highest BCUT2D eigenvalue weighted by Crippen LogP contribution is 2.38. The van der Waals surface area contributed by atoms with E-state index in [2.05, 4.69) is 12.2 Å². The van der Waals surface area contributed by atoms with Crippen molar-refractivity contribution in [1.29, 1.82) is 0 Å². The van der Waals surface area contributed by atoms with E-state index in [1.54, 1.807) is 0 Å². The van der Waals surface area contributed by atoms with Gasteiger partial charge in [-0.05, 0) is 31.1 Å². The van der Waals surface area contributed by atoms with Gasteiger partial charge in [0, 0.05) is 6.04 Å². The molecule has 0 aromatic heterocycles. The van der Waals surface area contributed by atoms with E-state index in [0.29, 0.717) is 6.04 Å². The van der Waals surface area contributed by atoms with Gasteiger partial charge < -0.3 is 5.73 Å². The van der Waals surface area contributed by atoms with Crippen LogP contribution in [0.4, 0.5) is 0 Å². The Bertz CT molecular complexity index is 151. The Kier molecular flexibility index (Phi) is 1.53. The quantitative estimate of drug-likeness (QED) is 0.505. The molecule has 2 rings (SSSR count). The molecule has 2 aliphatic rings. The lowest BCUT2D eigenvalue weighted by Gasteiger charge is -2.23. The van der Waals surface area contributed by atoms with E-state index >= 15 is 0 Å². The van der Waals surface area contributed by atoms with Crippen LogP contribution in [0.5, 0.6) is 0 Å². The fourth-order valence-electron chi connectivity index (χ4n) is 2.33. The van der Waals surface area contributed by atoms with Gasteiger partial charge in [0.2, 0.25) is 0 Å². The van der Waals surface area contributed by atoms with Crippen molar-refractivity contribution in [3.63, 3.8) is 0 Å². The molecule has 1 saturated carbocycles. The van der Waals surface area contributed by atoms with Crippen molar-refractivity contribution in [3.8, 4) is 0 Å². The van der Waals surface area contributed by atoms with Gasteiger partial charge in [-0.2, -0.15) is 0 Å². The SMILES string of the molecule is NC1C=CC2CCCC2C1. The molecule has 0 aromatic carbocycles. The molecule has 2 N–H and O–H groups in total. The predicted molar refractivity (Wildman–Crippen MR) is 42.6 cm³/mol. The van der Waals surface area contributed by atoms with Crippen LogP contribution in [0.1, 0.15) is 25.7 Å². The van der Waals surface area contributed by atoms with Crippen LogP contribution >= 0.6 is 0 Å². The Hall–Kier alpha value is -0.300. The summed E-state index contributed by atoms with van der Waals surface area (Å²) in [6.45, 7) is 0. The van der Waals surface area contributed by atoms with E-state index in [1.807, 2.05) is 0 Å². The molecule has 0 bridgehead atoms. The zero-order valence-electron chi connectivity index (χ0n) is 6.29. The minimum atomic E-state index is 0.361. The molecule has 3 unspecified atom stereocenters. The molecule has 0 spiro atoms. The van der Waals surface area contributed by atoms with Crippen LogP contribution in [-0.4, -0.2) is 6.04 Å². The molecule has 3 atom stereocenters. The molecule has 0 aromatic rings. The van der Waals surface area contributed by atoms with Gasteiger partial charge in [-0.3, -0.25) is 0 Å². The maximum atomic E-state index is 5.80. The number of nitrogens with two attached hydrogens (primary N) is 1. The number of fused-ring (bicyclic) bond motifs is 1. The normalized spacial score (nSPS) is 45.5. The average Bonchev–Trinajstić information content (AvgIpc) is 2.33. The first-order chi connectivity index (χ1) is 4.86. The van der Waals surface area contributed by atoms with E-state index in [4.69, 9.17) is 5.73 Å². The molecule has 2 aliphatic carbocycles. The van der Waals surface area contributed by atoms with Gasteiger partial charge in [0.15, 0.2) is 0 Å². The Balaban J connectivity index is 2.09. The van der Waals surface area contributed by atoms with Gasteiger partial charge in [0.25, 0.3) is 0 Å². The second-order valence-corrected chi connectivity index (χ2v) is 3.64. The van der Waals surface area contributed by atoms with Gasteiger partial charge in [-0.25, -0.2) is 0 Å². The van der Waals surface area contributed by atoms with Gasteiger partial charge in [-0.1, -0.05) is 18.6 Å². The number of hydrogen-bond acceptors (Lipinski definition) is 1. The number of hydrogen-bond donors (Lipinski definition) is 1. The molecule has 0 heterocycles. The van der Waals surface area contributed by atoms with Crippen LogP contribution in [0.25, 0.3) is 0 Å². The lowest BCUT2D eigenvalue weighted by molar-refractivity contribution is 0.388. The highest BCUT2D eigenvalue weighted by molar-refractivity contribution is 5.05. The molecular formula is C9H15N. The zero-order chi connectivity index (χ0) is 6.97. The summed E-state index contributed by atoms with van der Waals surface area (Å²) < 4.78 is 0. The van der Waals surface area contributed by atoms with E-state index in [1.165, 1.54) is 25.7 Å². The van der Waals surface area contributed by atoms with Crippen molar-refractivity contribution in [1.82, 2.24) is 0 Å². The minimum Gasteiger partial charge on any atom is -0.324 e. The van der Waals surface area contributed by atoms with Crippen molar-refractivity contribution in [2.24, 2.45) is 17.6 Å². The van der Waals surface area contributed by atoms with Crippen LogP contribution in [-0.2, 0) is 0 Å².